The van der Waals surface area contributed by atoms with Crippen LogP contribution in [0.4, 0.5) is 8.78 Å². The third-order valence-corrected chi connectivity index (χ3v) is 2.49. The molecule has 7 heteroatoms. The van der Waals surface area contributed by atoms with Gasteiger partial charge in [-0.2, -0.15) is 5.26 Å². The number of nitrogens with zero attached hydrogens (tertiary/aromatic N) is 3. The van der Waals surface area contributed by atoms with Crippen LogP contribution in [0.3, 0.4) is 0 Å². The van der Waals surface area contributed by atoms with Crippen LogP contribution in [0, 0.1) is 23.0 Å². The molecular weight excluding hydrogens is 266 g/mol. The van der Waals surface area contributed by atoms with E-state index < -0.39 is 23.1 Å². The Kier molecular flexibility index (Phi) is 3.66. The van der Waals surface area contributed by atoms with Gasteiger partial charge in [0.25, 0.3) is 0 Å². The summed E-state index contributed by atoms with van der Waals surface area (Å²) in [5, 5.41) is 8.60. The Balaban J connectivity index is 2.47. The summed E-state index contributed by atoms with van der Waals surface area (Å²) in [7, 11) is 0. The Morgan fingerprint density at radius 3 is 2.55 bits per heavy atom. The van der Waals surface area contributed by atoms with E-state index >= 15 is 0 Å². The standard InChI is InChI=1S/C13H8F2N4O/c14-9-3-7(4-10(15)8(9)6-16)11-1-2-18-13(19-11)5-12(17)20/h1-4H,5H2,(H2,17,20). The third-order valence-electron chi connectivity index (χ3n) is 2.49. The smallest absolute Gasteiger partial charge is 0.225 e. The lowest BCUT2D eigenvalue weighted by Crippen LogP contribution is -2.15. The highest BCUT2D eigenvalue weighted by atomic mass is 19.1. The molecule has 0 aliphatic rings. The van der Waals surface area contributed by atoms with Crippen molar-refractivity contribution in [1.29, 1.82) is 5.26 Å². The molecule has 1 aromatic heterocycles. The quantitative estimate of drug-likeness (QED) is 0.913. The first-order chi connectivity index (χ1) is 9.51. The molecule has 20 heavy (non-hydrogen) atoms. The predicted octanol–water partition coefficient (Wildman–Crippen LogP) is 1.32. The van der Waals surface area contributed by atoms with Crippen molar-refractivity contribution in [3.63, 3.8) is 0 Å². The van der Waals surface area contributed by atoms with Crippen molar-refractivity contribution in [3.05, 3.63) is 47.4 Å². The zero-order valence-electron chi connectivity index (χ0n) is 10.1. The highest BCUT2D eigenvalue weighted by Crippen LogP contribution is 2.22. The number of amides is 1. The van der Waals surface area contributed by atoms with E-state index in [9.17, 15) is 13.6 Å². The highest BCUT2D eigenvalue weighted by molar-refractivity contribution is 5.75. The second kappa shape index (κ2) is 5.40. The normalized spacial score (nSPS) is 10.1. The van der Waals surface area contributed by atoms with Crippen LogP contribution in [0.15, 0.2) is 24.4 Å². The van der Waals surface area contributed by atoms with Gasteiger partial charge in [-0.05, 0) is 18.2 Å². The van der Waals surface area contributed by atoms with Gasteiger partial charge in [-0.3, -0.25) is 4.79 Å². The number of hydrogen-bond donors (Lipinski definition) is 1. The molecule has 1 aromatic carbocycles. The average Bonchev–Trinajstić information content (AvgIpc) is 2.38. The molecule has 0 aliphatic carbocycles. The number of hydrogen-bond acceptors (Lipinski definition) is 4. The lowest BCUT2D eigenvalue weighted by atomic mass is 10.1. The molecule has 1 amide bonds. The van der Waals surface area contributed by atoms with E-state index in [-0.39, 0.29) is 23.5 Å². The summed E-state index contributed by atoms with van der Waals surface area (Å²) in [5.41, 5.74) is 4.75. The average molecular weight is 274 g/mol. The number of carbonyl (C=O) groups is 1. The number of nitriles is 1. The third kappa shape index (κ3) is 2.75. The minimum atomic E-state index is -0.974. The van der Waals surface area contributed by atoms with Crippen LogP contribution in [0.1, 0.15) is 11.4 Å². The van der Waals surface area contributed by atoms with Crippen LogP contribution in [0.2, 0.25) is 0 Å². The Morgan fingerprint density at radius 1 is 1.35 bits per heavy atom. The summed E-state index contributed by atoms with van der Waals surface area (Å²) >= 11 is 0. The minimum Gasteiger partial charge on any atom is -0.369 e. The summed E-state index contributed by atoms with van der Waals surface area (Å²) in [4.78, 5) is 18.6. The molecule has 100 valence electrons. The van der Waals surface area contributed by atoms with Crippen LogP contribution < -0.4 is 5.73 Å². The van der Waals surface area contributed by atoms with Crippen molar-refractivity contribution in [1.82, 2.24) is 9.97 Å². The summed E-state index contributed by atoms with van der Waals surface area (Å²) in [6.45, 7) is 0. The van der Waals surface area contributed by atoms with Crippen molar-refractivity contribution >= 4 is 5.91 Å². The molecule has 2 aromatic rings. The number of aromatic nitrogens is 2. The Labute approximate surface area is 112 Å². The summed E-state index contributed by atoms with van der Waals surface area (Å²) in [6.07, 6.45) is 1.18. The monoisotopic (exact) mass is 274 g/mol. The second-order valence-corrected chi connectivity index (χ2v) is 3.93. The molecule has 0 unspecified atom stereocenters. The molecule has 0 radical (unpaired) electrons. The van der Waals surface area contributed by atoms with Gasteiger partial charge in [0.05, 0.1) is 12.1 Å². The summed E-state index contributed by atoms with van der Waals surface area (Å²) in [5.74, 6) is -2.41. The van der Waals surface area contributed by atoms with Crippen molar-refractivity contribution in [2.75, 3.05) is 0 Å². The SMILES string of the molecule is N#Cc1c(F)cc(-c2ccnc(CC(N)=O)n2)cc1F. The van der Waals surface area contributed by atoms with E-state index in [1.165, 1.54) is 18.3 Å². The van der Waals surface area contributed by atoms with E-state index in [0.29, 0.717) is 0 Å². The number of primary amides is 1. The van der Waals surface area contributed by atoms with Gasteiger partial charge < -0.3 is 5.73 Å². The molecule has 0 saturated carbocycles. The predicted molar refractivity (Wildman–Crippen MR) is 65.0 cm³/mol. The van der Waals surface area contributed by atoms with Gasteiger partial charge in [0.15, 0.2) is 0 Å². The van der Waals surface area contributed by atoms with Gasteiger partial charge in [-0.15, -0.1) is 0 Å². The van der Waals surface area contributed by atoms with E-state index in [1.54, 1.807) is 0 Å². The topological polar surface area (TPSA) is 92.7 Å². The fourth-order valence-electron chi connectivity index (χ4n) is 1.63. The number of halogens is 2. The van der Waals surface area contributed by atoms with Crippen LogP contribution in [0.25, 0.3) is 11.3 Å². The fraction of sp³-hybridized carbons (Fsp3) is 0.0769. The largest absolute Gasteiger partial charge is 0.369 e. The van der Waals surface area contributed by atoms with Gasteiger partial charge in [0, 0.05) is 11.8 Å². The van der Waals surface area contributed by atoms with Gasteiger partial charge in [0.2, 0.25) is 5.91 Å². The van der Waals surface area contributed by atoms with Crippen LogP contribution >= 0.6 is 0 Å². The van der Waals surface area contributed by atoms with E-state index in [1.807, 2.05) is 0 Å². The number of carbonyl (C=O) groups excluding carboxylic acids is 1. The number of benzene rings is 1. The maximum absolute atomic E-state index is 13.5. The Hall–Kier alpha value is -2.88. The summed E-state index contributed by atoms with van der Waals surface area (Å²) < 4.78 is 27.1. The highest BCUT2D eigenvalue weighted by Gasteiger charge is 2.13. The molecule has 2 rings (SSSR count). The Bertz CT molecular complexity index is 702. The van der Waals surface area contributed by atoms with Gasteiger partial charge in [-0.25, -0.2) is 18.7 Å². The van der Waals surface area contributed by atoms with E-state index in [0.717, 1.165) is 12.1 Å². The van der Waals surface area contributed by atoms with E-state index in [2.05, 4.69) is 9.97 Å². The zero-order chi connectivity index (χ0) is 14.7. The first-order valence-electron chi connectivity index (χ1n) is 5.51. The van der Waals surface area contributed by atoms with Crippen molar-refractivity contribution in [2.24, 2.45) is 5.73 Å². The molecule has 0 saturated heterocycles. The number of rotatable bonds is 3. The fourth-order valence-corrected chi connectivity index (χ4v) is 1.63. The van der Waals surface area contributed by atoms with Gasteiger partial charge in [0.1, 0.15) is 29.1 Å². The molecule has 5 nitrogen and oxygen atoms in total. The van der Waals surface area contributed by atoms with Crippen molar-refractivity contribution in [3.8, 4) is 17.3 Å². The van der Waals surface area contributed by atoms with Crippen LogP contribution in [0.5, 0.6) is 0 Å². The molecular formula is C13H8F2N4O. The molecule has 0 fully saturated rings. The second-order valence-electron chi connectivity index (χ2n) is 3.93. The zero-order valence-corrected chi connectivity index (χ0v) is 10.1. The lowest BCUT2D eigenvalue weighted by molar-refractivity contribution is -0.117. The summed E-state index contributed by atoms with van der Waals surface area (Å²) in [6, 6.07) is 4.87. The van der Waals surface area contributed by atoms with Gasteiger partial charge >= 0.3 is 0 Å². The molecule has 0 atom stereocenters. The maximum Gasteiger partial charge on any atom is 0.225 e. The van der Waals surface area contributed by atoms with Crippen LogP contribution in [-0.2, 0) is 11.2 Å². The first-order valence-corrected chi connectivity index (χ1v) is 5.51. The molecule has 2 N–H and O–H groups in total. The molecule has 0 bridgehead atoms. The Morgan fingerprint density at radius 2 is 2.00 bits per heavy atom. The lowest BCUT2D eigenvalue weighted by Gasteiger charge is -2.04. The van der Waals surface area contributed by atoms with Crippen molar-refractivity contribution in [2.45, 2.75) is 6.42 Å². The minimum absolute atomic E-state index is 0.145. The van der Waals surface area contributed by atoms with E-state index in [4.69, 9.17) is 11.0 Å². The number of nitrogens with two attached hydrogens (primary N) is 1. The van der Waals surface area contributed by atoms with Crippen LogP contribution in [-0.4, -0.2) is 15.9 Å². The first kappa shape index (κ1) is 13.5. The molecule has 1 heterocycles. The van der Waals surface area contributed by atoms with Crippen molar-refractivity contribution < 1.29 is 13.6 Å². The van der Waals surface area contributed by atoms with Gasteiger partial charge in [-0.1, -0.05) is 0 Å². The molecule has 0 spiro atoms. The maximum atomic E-state index is 13.5. The molecule has 0 aliphatic heterocycles.